The van der Waals surface area contributed by atoms with Crippen LogP contribution in [0.2, 0.25) is 0 Å². The van der Waals surface area contributed by atoms with Gasteiger partial charge in [0, 0.05) is 6.21 Å². The van der Waals surface area contributed by atoms with Crippen molar-refractivity contribution in [2.24, 2.45) is 5.10 Å². The second-order valence-corrected chi connectivity index (χ2v) is 6.48. The number of nitrogens with one attached hydrogen (secondary N) is 1. The van der Waals surface area contributed by atoms with Gasteiger partial charge in [-0.2, -0.15) is 5.10 Å². The molecule has 0 heterocycles. The summed E-state index contributed by atoms with van der Waals surface area (Å²) in [6, 6.07) is 0. The lowest BCUT2D eigenvalue weighted by Crippen LogP contribution is -2.23. The maximum absolute atomic E-state index is 12.6. The third-order valence-electron chi connectivity index (χ3n) is 2.40. The summed E-state index contributed by atoms with van der Waals surface area (Å²) in [5, 5.41) is 3.89. The number of hydrogen-bond donors (Lipinski definition) is 1. The Morgan fingerprint density at radius 2 is 1.72 bits per heavy atom. The van der Waals surface area contributed by atoms with E-state index in [1.54, 1.807) is 20.1 Å². The van der Waals surface area contributed by atoms with E-state index in [2.05, 4.69) is 24.4 Å². The Hall–Kier alpha value is -0.380. The first-order valence-electron chi connectivity index (χ1n) is 6.72. The minimum Gasteiger partial charge on any atom is -0.307 e. The van der Waals surface area contributed by atoms with Gasteiger partial charge in [-0.1, -0.05) is 26.7 Å². The quantitative estimate of drug-likeness (QED) is 0.270. The molecule has 0 saturated carbocycles. The van der Waals surface area contributed by atoms with Gasteiger partial charge in [0.15, 0.2) is 0 Å². The van der Waals surface area contributed by atoms with Crippen LogP contribution in [-0.2, 0) is 13.6 Å². The maximum Gasteiger partial charge on any atom is 0.353 e. The number of unbranched alkanes of at least 4 members (excludes halogenated alkanes) is 2. The molecule has 0 spiro atoms. The van der Waals surface area contributed by atoms with Crippen LogP contribution in [0, 0.1) is 0 Å². The van der Waals surface area contributed by atoms with Crippen LogP contribution in [0.25, 0.3) is 0 Å². The summed E-state index contributed by atoms with van der Waals surface area (Å²) in [5.41, 5.74) is 2.78. The maximum atomic E-state index is 12.6. The van der Waals surface area contributed by atoms with E-state index in [0.29, 0.717) is 13.2 Å². The average molecular weight is 278 g/mol. The molecule has 0 aromatic carbocycles. The number of hydrogen-bond acceptors (Lipinski definition) is 5. The van der Waals surface area contributed by atoms with Crippen molar-refractivity contribution in [3.8, 4) is 0 Å². The third-order valence-corrected chi connectivity index (χ3v) is 4.55. The Morgan fingerprint density at radius 3 is 2.11 bits per heavy atom. The van der Waals surface area contributed by atoms with E-state index in [1.807, 2.05) is 0 Å². The van der Waals surface area contributed by atoms with Crippen LogP contribution in [0.3, 0.4) is 0 Å². The second kappa shape index (κ2) is 10.5. The number of hydrazone groups is 1. The first-order chi connectivity index (χ1) is 8.60. The van der Waals surface area contributed by atoms with Crippen molar-refractivity contribution in [1.29, 1.82) is 0 Å². The highest BCUT2D eigenvalue weighted by molar-refractivity contribution is 7.54. The topological polar surface area (TPSA) is 59.9 Å². The molecule has 0 bridgehead atoms. The van der Waals surface area contributed by atoms with Gasteiger partial charge in [0.2, 0.25) is 0 Å². The second-order valence-electron chi connectivity index (χ2n) is 4.11. The molecule has 0 aliphatic heterocycles. The molecule has 108 valence electrons. The van der Waals surface area contributed by atoms with E-state index in [9.17, 15) is 4.57 Å². The average Bonchev–Trinajstić information content (AvgIpc) is 2.36. The molecule has 0 aliphatic carbocycles. The summed E-state index contributed by atoms with van der Waals surface area (Å²) in [7, 11) is -3.12. The van der Waals surface area contributed by atoms with Crippen LogP contribution in [-0.4, -0.2) is 25.2 Å². The molecule has 0 rings (SSSR count). The van der Waals surface area contributed by atoms with Crippen LogP contribution in [0.1, 0.15) is 53.4 Å². The summed E-state index contributed by atoms with van der Waals surface area (Å²) in [5.74, 6) is -0.428. The molecular formula is C12H27N2O3P. The SMILES string of the molecule is C/C=N/NC(C)P(=O)(OCCCC)OCCCC. The first-order valence-corrected chi connectivity index (χ1v) is 8.33. The van der Waals surface area contributed by atoms with E-state index in [4.69, 9.17) is 9.05 Å². The molecule has 1 unspecified atom stereocenters. The fourth-order valence-corrected chi connectivity index (χ4v) is 2.68. The third kappa shape index (κ3) is 7.14. The lowest BCUT2D eigenvalue weighted by molar-refractivity contribution is 0.190. The van der Waals surface area contributed by atoms with Gasteiger partial charge in [-0.25, -0.2) is 0 Å². The number of nitrogens with zero attached hydrogens (tertiary/aromatic N) is 1. The van der Waals surface area contributed by atoms with Crippen molar-refractivity contribution in [3.63, 3.8) is 0 Å². The molecule has 1 N–H and O–H groups in total. The van der Waals surface area contributed by atoms with E-state index in [0.717, 1.165) is 25.7 Å². The summed E-state index contributed by atoms with van der Waals surface area (Å²) in [6.45, 7) is 8.61. The van der Waals surface area contributed by atoms with Crippen LogP contribution in [0.4, 0.5) is 0 Å². The molecule has 0 radical (unpaired) electrons. The van der Waals surface area contributed by atoms with Gasteiger partial charge in [0.25, 0.3) is 0 Å². The van der Waals surface area contributed by atoms with Crippen molar-refractivity contribution >= 4 is 13.8 Å². The largest absolute Gasteiger partial charge is 0.353 e. The zero-order valence-corrected chi connectivity index (χ0v) is 12.9. The van der Waals surface area contributed by atoms with Crippen molar-refractivity contribution in [1.82, 2.24) is 5.43 Å². The fraction of sp³-hybridized carbons (Fsp3) is 0.917. The predicted molar refractivity (Wildman–Crippen MR) is 76.1 cm³/mol. The van der Waals surface area contributed by atoms with Crippen LogP contribution < -0.4 is 5.43 Å². The molecule has 0 fully saturated rings. The zero-order chi connectivity index (χ0) is 13.9. The molecule has 1 atom stereocenters. The minimum atomic E-state index is -3.12. The van der Waals surface area contributed by atoms with Crippen molar-refractivity contribution in [3.05, 3.63) is 0 Å². The monoisotopic (exact) mass is 278 g/mol. The Kier molecular flexibility index (Phi) is 10.3. The number of rotatable bonds is 11. The molecule has 0 aliphatic rings. The summed E-state index contributed by atoms with van der Waals surface area (Å²) in [4.78, 5) is 0. The van der Waals surface area contributed by atoms with Crippen LogP contribution >= 0.6 is 7.60 Å². The van der Waals surface area contributed by atoms with Gasteiger partial charge >= 0.3 is 7.60 Å². The van der Waals surface area contributed by atoms with E-state index < -0.39 is 13.4 Å². The van der Waals surface area contributed by atoms with Crippen molar-refractivity contribution < 1.29 is 13.6 Å². The van der Waals surface area contributed by atoms with Crippen molar-refractivity contribution in [2.45, 2.75) is 59.2 Å². The van der Waals surface area contributed by atoms with Gasteiger partial charge in [-0.05, 0) is 26.7 Å². The van der Waals surface area contributed by atoms with Gasteiger partial charge in [-0.15, -0.1) is 0 Å². The smallest absolute Gasteiger partial charge is 0.307 e. The fourth-order valence-electron chi connectivity index (χ4n) is 1.19. The van der Waals surface area contributed by atoms with Crippen molar-refractivity contribution in [2.75, 3.05) is 13.2 Å². The van der Waals surface area contributed by atoms with Crippen LogP contribution in [0.5, 0.6) is 0 Å². The summed E-state index contributed by atoms with van der Waals surface area (Å²) >= 11 is 0. The molecule has 0 aromatic rings. The van der Waals surface area contributed by atoms with E-state index in [-0.39, 0.29) is 0 Å². The van der Waals surface area contributed by atoms with Gasteiger partial charge in [-0.3, -0.25) is 9.99 Å². The summed E-state index contributed by atoms with van der Waals surface area (Å²) in [6.07, 6.45) is 5.38. The highest BCUT2D eigenvalue weighted by atomic mass is 31.2. The minimum absolute atomic E-state index is 0.428. The molecular weight excluding hydrogens is 251 g/mol. The molecule has 6 heteroatoms. The Labute approximate surface area is 111 Å². The summed E-state index contributed by atoms with van der Waals surface area (Å²) < 4.78 is 23.5. The zero-order valence-electron chi connectivity index (χ0n) is 12.0. The standard InChI is InChI=1S/C12H27N2O3P/c1-5-8-10-16-18(15,17-11-9-6-2)12(4)14-13-7-3/h7,12,14H,5-6,8-11H2,1-4H3/b13-7+. The van der Waals surface area contributed by atoms with Gasteiger partial charge in [0.1, 0.15) is 5.78 Å². The van der Waals surface area contributed by atoms with Gasteiger partial charge in [0.05, 0.1) is 13.2 Å². The molecule has 0 amide bonds. The highest BCUT2D eigenvalue weighted by Gasteiger charge is 2.32. The van der Waals surface area contributed by atoms with E-state index in [1.165, 1.54) is 0 Å². The molecule has 5 nitrogen and oxygen atoms in total. The Bertz CT molecular complexity index is 258. The lowest BCUT2D eigenvalue weighted by atomic mass is 10.4. The molecule has 0 aromatic heterocycles. The predicted octanol–water partition coefficient (Wildman–Crippen LogP) is 3.75. The molecule has 18 heavy (non-hydrogen) atoms. The van der Waals surface area contributed by atoms with Crippen LogP contribution in [0.15, 0.2) is 5.10 Å². The van der Waals surface area contributed by atoms with Gasteiger partial charge < -0.3 is 9.05 Å². The normalized spacial score (nSPS) is 14.0. The first kappa shape index (κ1) is 17.6. The van der Waals surface area contributed by atoms with E-state index >= 15 is 0 Å². The lowest BCUT2D eigenvalue weighted by Gasteiger charge is -2.23. The Morgan fingerprint density at radius 1 is 1.22 bits per heavy atom. The Balaban J connectivity index is 4.41. The highest BCUT2D eigenvalue weighted by Crippen LogP contribution is 2.52. The molecule has 0 saturated heterocycles.